The molecule has 0 aliphatic carbocycles. The van der Waals surface area contributed by atoms with Crippen LogP contribution < -0.4 is 0 Å². The largest absolute Gasteiger partial charge is 0.375 e. The van der Waals surface area contributed by atoms with Crippen LogP contribution in [0.2, 0.25) is 0 Å². The molecule has 0 radical (unpaired) electrons. The van der Waals surface area contributed by atoms with Gasteiger partial charge in [-0.25, -0.2) is 0 Å². The van der Waals surface area contributed by atoms with Crippen molar-refractivity contribution in [3.05, 3.63) is 29.8 Å². The van der Waals surface area contributed by atoms with Crippen molar-refractivity contribution in [3.8, 4) is 0 Å². The molecule has 1 aromatic carbocycles. The predicted octanol–water partition coefficient (Wildman–Crippen LogP) is 3.88. The van der Waals surface area contributed by atoms with Crippen LogP contribution in [0.25, 0.3) is 0 Å². The van der Waals surface area contributed by atoms with Crippen LogP contribution in [-0.4, -0.2) is 4.71 Å². The Hall–Kier alpha value is -0.280. The maximum Gasteiger partial charge on any atom is 0.375 e. The SMILES string of the molecule is Cc1ccc(SC(F)(F)Cl)cc1. The molecule has 0 amide bonds. The van der Waals surface area contributed by atoms with Gasteiger partial charge >= 0.3 is 4.71 Å². The van der Waals surface area contributed by atoms with Gasteiger partial charge in [-0.3, -0.25) is 0 Å². The van der Waals surface area contributed by atoms with Crippen molar-refractivity contribution in [3.63, 3.8) is 0 Å². The Morgan fingerprint density at radius 3 is 2.17 bits per heavy atom. The molecule has 0 nitrogen and oxygen atoms in total. The van der Waals surface area contributed by atoms with Gasteiger partial charge in [0.1, 0.15) is 0 Å². The van der Waals surface area contributed by atoms with Gasteiger partial charge in [0.05, 0.1) is 0 Å². The molecule has 0 atom stereocenters. The van der Waals surface area contributed by atoms with Gasteiger partial charge in [0, 0.05) is 4.90 Å². The molecule has 0 aromatic heterocycles. The second kappa shape index (κ2) is 3.62. The average molecular weight is 209 g/mol. The molecule has 0 saturated carbocycles. The fraction of sp³-hybridized carbons (Fsp3) is 0.250. The van der Waals surface area contributed by atoms with Gasteiger partial charge in [0.15, 0.2) is 0 Å². The van der Waals surface area contributed by atoms with Crippen molar-refractivity contribution >= 4 is 23.4 Å². The Morgan fingerprint density at radius 2 is 1.75 bits per heavy atom. The molecule has 0 spiro atoms. The van der Waals surface area contributed by atoms with Crippen molar-refractivity contribution in [1.82, 2.24) is 0 Å². The minimum absolute atomic E-state index is 0.342. The van der Waals surface area contributed by atoms with Gasteiger partial charge in [-0.2, -0.15) is 8.78 Å². The van der Waals surface area contributed by atoms with E-state index in [0.717, 1.165) is 5.56 Å². The molecule has 0 fully saturated rings. The normalized spacial score (nSPS) is 11.7. The standard InChI is InChI=1S/C8H7ClF2S/c1-6-2-4-7(5-3-6)12-8(9,10)11/h2-5H,1H3. The number of halogens is 3. The summed E-state index contributed by atoms with van der Waals surface area (Å²) >= 11 is 5.08. The number of alkyl halides is 3. The fourth-order valence-electron chi connectivity index (χ4n) is 0.740. The summed E-state index contributed by atoms with van der Waals surface area (Å²) in [6.45, 7) is 1.90. The second-order valence-electron chi connectivity index (χ2n) is 2.36. The molecule has 0 aliphatic heterocycles. The lowest BCUT2D eigenvalue weighted by Crippen LogP contribution is -1.96. The first kappa shape index (κ1) is 9.81. The summed E-state index contributed by atoms with van der Waals surface area (Å²) in [7, 11) is 0. The van der Waals surface area contributed by atoms with Crippen LogP contribution in [0.15, 0.2) is 29.2 Å². The van der Waals surface area contributed by atoms with Crippen LogP contribution >= 0.6 is 23.4 Å². The highest BCUT2D eigenvalue weighted by molar-refractivity contribution is 8.01. The Morgan fingerprint density at radius 1 is 1.25 bits per heavy atom. The highest BCUT2D eigenvalue weighted by atomic mass is 35.5. The number of hydrogen-bond acceptors (Lipinski definition) is 1. The quantitative estimate of drug-likeness (QED) is 0.525. The summed E-state index contributed by atoms with van der Waals surface area (Å²) in [5.74, 6) is 0. The van der Waals surface area contributed by atoms with E-state index in [0.29, 0.717) is 16.7 Å². The maximum absolute atomic E-state index is 12.2. The lowest BCUT2D eigenvalue weighted by Gasteiger charge is -2.06. The van der Waals surface area contributed by atoms with Gasteiger partial charge in [-0.15, -0.1) is 0 Å². The van der Waals surface area contributed by atoms with Crippen LogP contribution in [0.3, 0.4) is 0 Å². The molecule has 0 heterocycles. The predicted molar refractivity (Wildman–Crippen MR) is 47.8 cm³/mol. The molecule has 66 valence electrons. The van der Waals surface area contributed by atoms with Gasteiger partial charge in [-0.1, -0.05) is 17.7 Å². The number of rotatable bonds is 2. The third-order valence-electron chi connectivity index (χ3n) is 1.25. The first-order valence-corrected chi connectivity index (χ1v) is 4.49. The zero-order valence-corrected chi connectivity index (χ0v) is 7.92. The summed E-state index contributed by atoms with van der Waals surface area (Å²) in [5, 5.41) is 0. The smallest absolute Gasteiger partial charge is 0.177 e. The van der Waals surface area contributed by atoms with E-state index in [1.165, 1.54) is 0 Å². The number of benzene rings is 1. The van der Waals surface area contributed by atoms with Crippen molar-refractivity contribution < 1.29 is 8.78 Å². The third kappa shape index (κ3) is 3.41. The molecule has 0 bridgehead atoms. The molecule has 0 N–H and O–H groups in total. The van der Waals surface area contributed by atoms with Crippen LogP contribution in [0.1, 0.15) is 5.56 Å². The summed E-state index contributed by atoms with van der Waals surface area (Å²) in [6.07, 6.45) is 0. The van der Waals surface area contributed by atoms with E-state index >= 15 is 0 Å². The summed E-state index contributed by atoms with van der Waals surface area (Å²) < 4.78 is 21.3. The molecule has 0 aliphatic rings. The Bertz CT molecular complexity index is 253. The third-order valence-corrected chi connectivity index (χ3v) is 2.23. The minimum Gasteiger partial charge on any atom is -0.177 e. The highest BCUT2D eigenvalue weighted by Crippen LogP contribution is 2.38. The summed E-state index contributed by atoms with van der Waals surface area (Å²) in [4.78, 5) is 0.473. The summed E-state index contributed by atoms with van der Waals surface area (Å²) in [6, 6.07) is 6.78. The number of hydrogen-bond donors (Lipinski definition) is 0. The van der Waals surface area contributed by atoms with Crippen LogP contribution in [0, 0.1) is 6.92 Å². The first-order chi connectivity index (χ1) is 5.47. The van der Waals surface area contributed by atoms with E-state index in [-0.39, 0.29) is 0 Å². The zero-order valence-electron chi connectivity index (χ0n) is 6.35. The maximum atomic E-state index is 12.2. The first-order valence-electron chi connectivity index (χ1n) is 3.30. The van der Waals surface area contributed by atoms with E-state index in [1.54, 1.807) is 24.3 Å². The van der Waals surface area contributed by atoms with Crippen LogP contribution in [0.5, 0.6) is 0 Å². The minimum atomic E-state index is -3.21. The topological polar surface area (TPSA) is 0 Å². The van der Waals surface area contributed by atoms with Crippen molar-refractivity contribution in [2.24, 2.45) is 0 Å². The molecule has 0 saturated heterocycles. The second-order valence-corrected chi connectivity index (χ2v) is 4.25. The van der Waals surface area contributed by atoms with E-state index < -0.39 is 4.71 Å². The number of thioether (sulfide) groups is 1. The molecule has 4 heteroatoms. The molecule has 0 unspecified atom stereocenters. The summed E-state index contributed by atoms with van der Waals surface area (Å²) in [5.41, 5.74) is 1.04. The Labute approximate surface area is 78.9 Å². The highest BCUT2D eigenvalue weighted by Gasteiger charge is 2.25. The Kier molecular flexibility index (Phi) is 2.96. The van der Waals surface area contributed by atoms with Crippen LogP contribution in [0.4, 0.5) is 8.78 Å². The molecule has 1 rings (SSSR count). The monoisotopic (exact) mass is 208 g/mol. The van der Waals surface area contributed by atoms with Crippen molar-refractivity contribution in [2.45, 2.75) is 16.5 Å². The molecule has 1 aromatic rings. The van der Waals surface area contributed by atoms with Crippen LogP contribution in [-0.2, 0) is 0 Å². The van der Waals surface area contributed by atoms with Gasteiger partial charge in [0.25, 0.3) is 0 Å². The van der Waals surface area contributed by atoms with Gasteiger partial charge in [0.2, 0.25) is 0 Å². The van der Waals surface area contributed by atoms with Gasteiger partial charge in [-0.05, 0) is 42.4 Å². The molecular weight excluding hydrogens is 202 g/mol. The van der Waals surface area contributed by atoms with E-state index in [4.69, 9.17) is 11.6 Å². The molecular formula is C8H7ClF2S. The zero-order chi connectivity index (χ0) is 9.19. The average Bonchev–Trinajstić information content (AvgIpc) is 1.91. The lowest BCUT2D eigenvalue weighted by atomic mass is 10.2. The van der Waals surface area contributed by atoms with E-state index in [2.05, 4.69) is 0 Å². The van der Waals surface area contributed by atoms with E-state index in [1.807, 2.05) is 6.92 Å². The Balaban J connectivity index is 2.71. The van der Waals surface area contributed by atoms with Crippen molar-refractivity contribution in [2.75, 3.05) is 0 Å². The lowest BCUT2D eigenvalue weighted by molar-refractivity contribution is 0.203. The fourth-order valence-corrected chi connectivity index (χ4v) is 1.55. The van der Waals surface area contributed by atoms with Crippen molar-refractivity contribution in [1.29, 1.82) is 0 Å². The van der Waals surface area contributed by atoms with E-state index in [9.17, 15) is 8.78 Å². The molecule has 12 heavy (non-hydrogen) atoms. The number of aryl methyl sites for hydroxylation is 1. The van der Waals surface area contributed by atoms with Gasteiger partial charge < -0.3 is 0 Å².